The van der Waals surface area contributed by atoms with Crippen LogP contribution in [0.15, 0.2) is 33.9 Å². The molecule has 1 atom stereocenters. The van der Waals surface area contributed by atoms with Crippen LogP contribution in [0.5, 0.6) is 0 Å². The molecular formula is C15H16ClFN2O2. The Morgan fingerprint density at radius 1 is 1.33 bits per heavy atom. The highest BCUT2D eigenvalue weighted by Gasteiger charge is 2.19. The minimum atomic E-state index is -0.578. The first-order valence-corrected chi connectivity index (χ1v) is 7.14. The third-order valence-corrected chi connectivity index (χ3v) is 3.66. The number of nitrogens with zero attached hydrogens (tertiary/aromatic N) is 1. The molecule has 0 bridgehead atoms. The summed E-state index contributed by atoms with van der Waals surface area (Å²) >= 11 is 5.96. The highest BCUT2D eigenvalue weighted by Crippen LogP contribution is 2.24. The van der Waals surface area contributed by atoms with Crippen molar-refractivity contribution in [2.45, 2.75) is 32.7 Å². The molecule has 0 spiro atoms. The van der Waals surface area contributed by atoms with Crippen molar-refractivity contribution in [3.05, 3.63) is 56.1 Å². The van der Waals surface area contributed by atoms with Gasteiger partial charge in [-0.25, -0.2) is 9.18 Å². The van der Waals surface area contributed by atoms with Crippen LogP contribution in [-0.4, -0.2) is 9.55 Å². The first kappa shape index (κ1) is 15.5. The number of hydrogen-bond acceptors (Lipinski definition) is 2. The molecule has 1 unspecified atom stereocenters. The van der Waals surface area contributed by atoms with Crippen LogP contribution in [0.2, 0.25) is 5.15 Å². The molecule has 1 aromatic heterocycles. The Balaban J connectivity index is 2.74. The van der Waals surface area contributed by atoms with Crippen molar-refractivity contribution in [1.29, 1.82) is 0 Å². The predicted molar refractivity (Wildman–Crippen MR) is 81.3 cm³/mol. The number of H-pyrrole nitrogens is 1. The molecule has 6 heteroatoms. The number of aromatic nitrogens is 2. The van der Waals surface area contributed by atoms with Crippen LogP contribution in [-0.2, 0) is 0 Å². The summed E-state index contributed by atoms with van der Waals surface area (Å²) in [5.74, 6) is -0.557. The summed E-state index contributed by atoms with van der Waals surface area (Å²) in [6.45, 7) is 3.74. The fraction of sp³-hybridized carbons (Fsp3) is 0.333. The Kier molecular flexibility index (Phi) is 4.63. The van der Waals surface area contributed by atoms with Crippen molar-refractivity contribution in [3.63, 3.8) is 0 Å². The van der Waals surface area contributed by atoms with Crippen LogP contribution in [0, 0.1) is 5.82 Å². The SMILES string of the molecule is CCCC(C)n1c(=O)[nH]c(Cl)c(-c2ccccc2F)c1=O. The maximum atomic E-state index is 13.9. The van der Waals surface area contributed by atoms with Crippen molar-refractivity contribution in [2.75, 3.05) is 0 Å². The van der Waals surface area contributed by atoms with Gasteiger partial charge in [0.05, 0.1) is 5.56 Å². The number of hydrogen-bond donors (Lipinski definition) is 1. The van der Waals surface area contributed by atoms with E-state index in [2.05, 4.69) is 4.98 Å². The molecule has 2 aromatic rings. The quantitative estimate of drug-likeness (QED) is 0.880. The van der Waals surface area contributed by atoms with Crippen molar-refractivity contribution in [1.82, 2.24) is 9.55 Å². The van der Waals surface area contributed by atoms with Crippen molar-refractivity contribution in [3.8, 4) is 11.1 Å². The maximum Gasteiger partial charge on any atom is 0.329 e. The largest absolute Gasteiger partial charge is 0.329 e. The van der Waals surface area contributed by atoms with E-state index in [1.165, 1.54) is 18.2 Å². The fourth-order valence-corrected chi connectivity index (χ4v) is 2.63. The van der Waals surface area contributed by atoms with E-state index in [1.54, 1.807) is 13.0 Å². The zero-order valence-corrected chi connectivity index (χ0v) is 12.6. The van der Waals surface area contributed by atoms with Gasteiger partial charge in [0, 0.05) is 11.6 Å². The second-order valence-electron chi connectivity index (χ2n) is 4.91. The molecule has 0 fully saturated rings. The molecule has 1 aromatic carbocycles. The predicted octanol–water partition coefficient (Wildman–Crippen LogP) is 3.36. The van der Waals surface area contributed by atoms with E-state index in [0.717, 1.165) is 11.0 Å². The van der Waals surface area contributed by atoms with Gasteiger partial charge in [-0.05, 0) is 19.4 Å². The highest BCUT2D eigenvalue weighted by atomic mass is 35.5. The van der Waals surface area contributed by atoms with Crippen LogP contribution >= 0.6 is 11.6 Å². The van der Waals surface area contributed by atoms with Crippen LogP contribution < -0.4 is 11.2 Å². The molecule has 0 aliphatic heterocycles. The summed E-state index contributed by atoms with van der Waals surface area (Å²) in [5.41, 5.74) is -1.08. The third-order valence-electron chi connectivity index (χ3n) is 3.38. The van der Waals surface area contributed by atoms with Crippen LogP contribution in [0.3, 0.4) is 0 Å². The molecule has 0 saturated carbocycles. The molecule has 0 saturated heterocycles. The average molecular weight is 311 g/mol. The molecule has 1 N–H and O–H groups in total. The second-order valence-corrected chi connectivity index (χ2v) is 5.29. The molecule has 0 aliphatic rings. The normalized spacial score (nSPS) is 12.4. The lowest BCUT2D eigenvalue weighted by atomic mass is 10.1. The van der Waals surface area contributed by atoms with Gasteiger partial charge in [-0.15, -0.1) is 0 Å². The van der Waals surface area contributed by atoms with E-state index in [-0.39, 0.29) is 22.3 Å². The first-order valence-electron chi connectivity index (χ1n) is 6.76. The Morgan fingerprint density at radius 3 is 2.62 bits per heavy atom. The summed E-state index contributed by atoms with van der Waals surface area (Å²) in [6, 6.07) is 5.56. The topological polar surface area (TPSA) is 54.9 Å². The van der Waals surface area contributed by atoms with Gasteiger partial charge in [0.2, 0.25) is 0 Å². The van der Waals surface area contributed by atoms with Crippen LogP contribution in [0.25, 0.3) is 11.1 Å². The molecule has 4 nitrogen and oxygen atoms in total. The maximum absolute atomic E-state index is 13.9. The Morgan fingerprint density at radius 2 is 2.00 bits per heavy atom. The van der Waals surface area contributed by atoms with Gasteiger partial charge in [0.1, 0.15) is 11.0 Å². The molecule has 0 aliphatic carbocycles. The molecular weight excluding hydrogens is 295 g/mol. The minimum absolute atomic E-state index is 0.0164. The molecule has 0 amide bonds. The Bertz CT molecular complexity index is 767. The molecule has 2 rings (SSSR count). The standard InChI is InChI=1S/C15H16ClFN2O2/c1-3-6-9(2)19-14(20)12(13(16)18-15(19)21)10-7-4-5-8-11(10)17/h4-5,7-9H,3,6H2,1-2H3,(H,18,21). The number of aromatic amines is 1. The van der Waals surface area contributed by atoms with Crippen LogP contribution in [0.4, 0.5) is 4.39 Å². The zero-order chi connectivity index (χ0) is 15.6. The summed E-state index contributed by atoms with van der Waals surface area (Å²) in [4.78, 5) is 27.0. The first-order chi connectivity index (χ1) is 9.97. The average Bonchev–Trinajstić information content (AvgIpc) is 2.40. The molecule has 0 radical (unpaired) electrons. The van der Waals surface area contributed by atoms with Gasteiger partial charge in [0.15, 0.2) is 0 Å². The number of nitrogens with one attached hydrogen (secondary N) is 1. The van der Waals surface area contributed by atoms with Crippen LogP contribution in [0.1, 0.15) is 32.7 Å². The van der Waals surface area contributed by atoms with E-state index >= 15 is 0 Å². The Labute approximate surface area is 126 Å². The van der Waals surface area contributed by atoms with Gasteiger partial charge in [-0.1, -0.05) is 43.1 Å². The lowest BCUT2D eigenvalue weighted by Crippen LogP contribution is -2.38. The fourth-order valence-electron chi connectivity index (χ4n) is 2.37. The van der Waals surface area contributed by atoms with Crippen molar-refractivity contribution < 1.29 is 4.39 Å². The third kappa shape index (κ3) is 2.93. The minimum Gasteiger partial charge on any atom is -0.297 e. The van der Waals surface area contributed by atoms with E-state index in [4.69, 9.17) is 11.6 Å². The summed E-state index contributed by atoms with van der Waals surface area (Å²) < 4.78 is 15.0. The van der Waals surface area contributed by atoms with Crippen molar-refractivity contribution in [2.24, 2.45) is 0 Å². The lowest BCUT2D eigenvalue weighted by Gasteiger charge is -2.15. The number of rotatable bonds is 4. The van der Waals surface area contributed by atoms with Gasteiger partial charge in [-0.2, -0.15) is 0 Å². The molecule has 112 valence electrons. The second kappa shape index (κ2) is 6.26. The van der Waals surface area contributed by atoms with Crippen molar-refractivity contribution >= 4 is 11.6 Å². The van der Waals surface area contributed by atoms with Gasteiger partial charge in [-0.3, -0.25) is 14.3 Å². The zero-order valence-electron chi connectivity index (χ0n) is 11.8. The summed E-state index contributed by atoms with van der Waals surface area (Å²) in [6.07, 6.45) is 1.49. The van der Waals surface area contributed by atoms with Gasteiger partial charge in [0.25, 0.3) is 5.56 Å². The summed E-state index contributed by atoms with van der Waals surface area (Å²) in [5, 5.41) is -0.143. The van der Waals surface area contributed by atoms with E-state index in [1.807, 2.05) is 6.92 Å². The number of benzene rings is 1. The monoisotopic (exact) mass is 310 g/mol. The molecule has 1 heterocycles. The van der Waals surface area contributed by atoms with E-state index in [9.17, 15) is 14.0 Å². The van der Waals surface area contributed by atoms with Gasteiger partial charge >= 0.3 is 5.69 Å². The van der Waals surface area contributed by atoms with E-state index in [0.29, 0.717) is 6.42 Å². The molecule has 21 heavy (non-hydrogen) atoms. The highest BCUT2D eigenvalue weighted by molar-refractivity contribution is 6.32. The lowest BCUT2D eigenvalue weighted by molar-refractivity contribution is 0.466. The van der Waals surface area contributed by atoms with E-state index < -0.39 is 17.1 Å². The van der Waals surface area contributed by atoms with Gasteiger partial charge < -0.3 is 0 Å². The summed E-state index contributed by atoms with van der Waals surface area (Å²) in [7, 11) is 0. The number of halogens is 2. The Hall–Kier alpha value is -1.88. The smallest absolute Gasteiger partial charge is 0.297 e.